The maximum Gasteiger partial charge on any atom is 0.195 e. The van der Waals surface area contributed by atoms with E-state index in [1.54, 1.807) is 6.07 Å². The maximum absolute atomic E-state index is 8.64. The van der Waals surface area contributed by atoms with Crippen molar-refractivity contribution >= 4 is 5.88 Å². The molecule has 0 aliphatic carbocycles. The molecule has 1 aliphatic rings. The minimum atomic E-state index is -0.681. The van der Waals surface area contributed by atoms with Crippen molar-refractivity contribution in [2.75, 3.05) is 31.2 Å². The third-order valence-corrected chi connectivity index (χ3v) is 2.38. The number of nitrogens with zero attached hydrogens (tertiary/aromatic N) is 2. The SMILES string of the molecule is N#C[C@@H](N)c1ccc(N2CCOCC2)o1. The first kappa shape index (κ1) is 10.0. The molecule has 5 heteroatoms. The van der Waals surface area contributed by atoms with Gasteiger partial charge in [-0.2, -0.15) is 5.26 Å². The summed E-state index contributed by atoms with van der Waals surface area (Å²) in [6.07, 6.45) is 0. The molecule has 0 bridgehead atoms. The summed E-state index contributed by atoms with van der Waals surface area (Å²) in [5.41, 5.74) is 5.54. The first-order valence-electron chi connectivity index (χ1n) is 4.89. The van der Waals surface area contributed by atoms with Crippen LogP contribution >= 0.6 is 0 Å². The van der Waals surface area contributed by atoms with E-state index in [4.69, 9.17) is 20.1 Å². The highest BCUT2D eigenvalue weighted by Gasteiger charge is 2.16. The average Bonchev–Trinajstić information content (AvgIpc) is 2.78. The van der Waals surface area contributed by atoms with Gasteiger partial charge in [0.15, 0.2) is 11.9 Å². The fraction of sp³-hybridized carbons (Fsp3) is 0.500. The highest BCUT2D eigenvalue weighted by molar-refractivity contribution is 5.38. The Balaban J connectivity index is 2.09. The number of nitrogens with two attached hydrogens (primary N) is 1. The van der Waals surface area contributed by atoms with Crippen LogP contribution in [0.3, 0.4) is 0 Å². The molecule has 0 amide bonds. The molecule has 1 atom stereocenters. The Morgan fingerprint density at radius 3 is 2.80 bits per heavy atom. The summed E-state index contributed by atoms with van der Waals surface area (Å²) in [6.45, 7) is 3.05. The first-order valence-corrected chi connectivity index (χ1v) is 4.89. The van der Waals surface area contributed by atoms with E-state index in [0.717, 1.165) is 19.0 Å². The van der Waals surface area contributed by atoms with Crippen molar-refractivity contribution in [2.24, 2.45) is 5.73 Å². The molecule has 15 heavy (non-hydrogen) atoms. The second-order valence-corrected chi connectivity index (χ2v) is 3.38. The fourth-order valence-corrected chi connectivity index (χ4v) is 1.53. The zero-order chi connectivity index (χ0) is 10.7. The van der Waals surface area contributed by atoms with Crippen LogP contribution in [0.2, 0.25) is 0 Å². The standard InChI is InChI=1S/C10H13N3O2/c11-7-8(12)9-1-2-10(15-9)13-3-5-14-6-4-13/h1-2,8H,3-6,12H2/t8-/m1/s1. The van der Waals surface area contributed by atoms with Gasteiger partial charge in [-0.25, -0.2) is 0 Å². The van der Waals surface area contributed by atoms with Crippen molar-refractivity contribution in [1.82, 2.24) is 0 Å². The Kier molecular flexibility index (Phi) is 2.90. The largest absolute Gasteiger partial charge is 0.443 e. The van der Waals surface area contributed by atoms with Crippen LogP contribution in [0.4, 0.5) is 5.88 Å². The fourth-order valence-electron chi connectivity index (χ4n) is 1.53. The first-order chi connectivity index (χ1) is 7.31. The van der Waals surface area contributed by atoms with E-state index in [1.165, 1.54) is 0 Å². The van der Waals surface area contributed by atoms with Crippen molar-refractivity contribution < 1.29 is 9.15 Å². The Bertz CT molecular complexity index is 363. The number of nitriles is 1. The summed E-state index contributed by atoms with van der Waals surface area (Å²) >= 11 is 0. The predicted molar refractivity (Wildman–Crippen MR) is 54.3 cm³/mol. The lowest BCUT2D eigenvalue weighted by atomic mass is 10.3. The van der Waals surface area contributed by atoms with Gasteiger partial charge in [0.2, 0.25) is 0 Å². The molecule has 2 heterocycles. The second kappa shape index (κ2) is 4.34. The highest BCUT2D eigenvalue weighted by Crippen LogP contribution is 2.22. The van der Waals surface area contributed by atoms with E-state index in [1.807, 2.05) is 12.1 Å². The van der Waals surface area contributed by atoms with E-state index >= 15 is 0 Å². The van der Waals surface area contributed by atoms with Gasteiger partial charge < -0.3 is 19.8 Å². The van der Waals surface area contributed by atoms with Crippen molar-refractivity contribution in [3.63, 3.8) is 0 Å². The van der Waals surface area contributed by atoms with Crippen LogP contribution < -0.4 is 10.6 Å². The van der Waals surface area contributed by atoms with Crippen molar-refractivity contribution in [1.29, 1.82) is 5.26 Å². The maximum atomic E-state index is 8.64. The van der Waals surface area contributed by atoms with Gasteiger partial charge in [-0.1, -0.05) is 0 Å². The third-order valence-electron chi connectivity index (χ3n) is 2.38. The zero-order valence-electron chi connectivity index (χ0n) is 8.35. The molecule has 1 saturated heterocycles. The molecule has 0 spiro atoms. The smallest absolute Gasteiger partial charge is 0.195 e. The predicted octanol–water partition coefficient (Wildman–Crippen LogP) is 0.640. The molecular weight excluding hydrogens is 194 g/mol. The molecule has 0 unspecified atom stereocenters. The van der Waals surface area contributed by atoms with Crippen LogP contribution in [-0.2, 0) is 4.74 Å². The minimum absolute atomic E-state index is 0.513. The zero-order valence-corrected chi connectivity index (χ0v) is 8.35. The van der Waals surface area contributed by atoms with Crippen molar-refractivity contribution in [2.45, 2.75) is 6.04 Å². The number of morpholine rings is 1. The van der Waals surface area contributed by atoms with Crippen molar-refractivity contribution in [3.05, 3.63) is 17.9 Å². The number of hydrogen-bond donors (Lipinski definition) is 1. The molecule has 2 rings (SSSR count). The molecule has 1 fully saturated rings. The summed E-state index contributed by atoms with van der Waals surface area (Å²) in [5, 5.41) is 8.64. The van der Waals surface area contributed by atoms with Crippen LogP contribution in [0.5, 0.6) is 0 Å². The molecule has 1 aromatic heterocycles. The van der Waals surface area contributed by atoms with Gasteiger partial charge in [-0.15, -0.1) is 0 Å². The molecule has 0 radical (unpaired) electrons. The van der Waals surface area contributed by atoms with Crippen LogP contribution in [0, 0.1) is 11.3 Å². The lowest BCUT2D eigenvalue weighted by Crippen LogP contribution is -2.35. The third kappa shape index (κ3) is 2.12. The van der Waals surface area contributed by atoms with E-state index in [0.29, 0.717) is 19.0 Å². The molecule has 0 aromatic carbocycles. The van der Waals surface area contributed by atoms with E-state index in [2.05, 4.69) is 4.90 Å². The average molecular weight is 207 g/mol. The number of hydrogen-bond acceptors (Lipinski definition) is 5. The topological polar surface area (TPSA) is 75.4 Å². The molecule has 5 nitrogen and oxygen atoms in total. The summed E-state index contributed by atoms with van der Waals surface area (Å²) in [4.78, 5) is 2.08. The molecule has 0 saturated carbocycles. The van der Waals surface area contributed by atoms with Gasteiger partial charge in [0.1, 0.15) is 5.76 Å². The Hall–Kier alpha value is -1.51. The molecular formula is C10H13N3O2. The van der Waals surface area contributed by atoms with Gasteiger partial charge in [0.25, 0.3) is 0 Å². The lowest BCUT2D eigenvalue weighted by Gasteiger charge is -2.26. The van der Waals surface area contributed by atoms with E-state index in [9.17, 15) is 0 Å². The van der Waals surface area contributed by atoms with Gasteiger partial charge in [-0.05, 0) is 6.07 Å². The number of rotatable bonds is 2. The van der Waals surface area contributed by atoms with Crippen molar-refractivity contribution in [3.8, 4) is 6.07 Å². The normalized spacial score (nSPS) is 18.5. The summed E-state index contributed by atoms with van der Waals surface area (Å²) < 4.78 is 10.7. The molecule has 1 aromatic rings. The summed E-state index contributed by atoms with van der Waals surface area (Å²) in [6, 6.07) is 4.85. The van der Waals surface area contributed by atoms with E-state index in [-0.39, 0.29) is 0 Å². The molecule has 2 N–H and O–H groups in total. The second-order valence-electron chi connectivity index (χ2n) is 3.38. The van der Waals surface area contributed by atoms with Crippen LogP contribution in [0.1, 0.15) is 11.8 Å². The Labute approximate surface area is 88.0 Å². The summed E-state index contributed by atoms with van der Waals surface area (Å²) in [5.74, 6) is 1.28. The van der Waals surface area contributed by atoms with Gasteiger partial charge in [0, 0.05) is 19.2 Å². The van der Waals surface area contributed by atoms with Crippen LogP contribution in [0.25, 0.3) is 0 Å². The molecule has 80 valence electrons. The molecule has 1 aliphatic heterocycles. The number of furan rings is 1. The van der Waals surface area contributed by atoms with Gasteiger partial charge in [-0.3, -0.25) is 0 Å². The Morgan fingerprint density at radius 1 is 1.40 bits per heavy atom. The number of ether oxygens (including phenoxy) is 1. The number of anilines is 1. The van der Waals surface area contributed by atoms with Crippen LogP contribution in [0.15, 0.2) is 16.5 Å². The van der Waals surface area contributed by atoms with E-state index < -0.39 is 6.04 Å². The van der Waals surface area contributed by atoms with Gasteiger partial charge >= 0.3 is 0 Å². The lowest BCUT2D eigenvalue weighted by molar-refractivity contribution is 0.120. The monoisotopic (exact) mass is 207 g/mol. The summed E-state index contributed by atoms with van der Waals surface area (Å²) in [7, 11) is 0. The minimum Gasteiger partial charge on any atom is -0.443 e. The highest BCUT2D eigenvalue weighted by atomic mass is 16.5. The van der Waals surface area contributed by atoms with Gasteiger partial charge in [0.05, 0.1) is 19.3 Å². The quantitative estimate of drug-likeness (QED) is 0.770. The Morgan fingerprint density at radius 2 is 2.13 bits per heavy atom. The van der Waals surface area contributed by atoms with Crippen LogP contribution in [-0.4, -0.2) is 26.3 Å².